The van der Waals surface area contributed by atoms with E-state index in [1.165, 1.54) is 12.1 Å². The zero-order valence-corrected chi connectivity index (χ0v) is 18.4. The Morgan fingerprint density at radius 2 is 1.47 bits per heavy atom. The molecule has 11 nitrogen and oxygen atoms in total. The highest BCUT2D eigenvalue weighted by atomic mass is 32.2. The molecule has 34 heavy (non-hydrogen) atoms. The third-order valence-corrected chi connectivity index (χ3v) is 6.68. The third kappa shape index (κ3) is 4.32. The van der Waals surface area contributed by atoms with Crippen molar-refractivity contribution in [3.63, 3.8) is 0 Å². The van der Waals surface area contributed by atoms with Gasteiger partial charge in [-0.3, -0.25) is 9.11 Å². The largest absolute Gasteiger partial charge is 0.505 e. The highest BCUT2D eigenvalue weighted by Crippen LogP contribution is 2.40. The third-order valence-electron chi connectivity index (χ3n) is 4.94. The monoisotopic (exact) mass is 502 g/mol. The molecular weight excluding hydrogens is 488 g/mol. The summed E-state index contributed by atoms with van der Waals surface area (Å²) in [6.07, 6.45) is 0. The molecule has 0 radical (unpaired) electrons. The van der Waals surface area contributed by atoms with Crippen LogP contribution in [0.3, 0.4) is 0 Å². The maximum absolute atomic E-state index is 11.9. The lowest BCUT2D eigenvalue weighted by Crippen LogP contribution is -2.01. The predicted molar refractivity (Wildman–Crippen MR) is 120 cm³/mol. The molecule has 0 aliphatic carbocycles. The van der Waals surface area contributed by atoms with E-state index in [1.54, 1.807) is 24.3 Å². The first kappa shape index (κ1) is 23.3. The minimum absolute atomic E-state index is 0.00688. The van der Waals surface area contributed by atoms with Crippen LogP contribution in [0.1, 0.15) is 10.4 Å². The molecule has 0 spiro atoms. The highest BCUT2D eigenvalue weighted by Gasteiger charge is 2.20. The molecule has 0 amide bonds. The zero-order valence-electron chi connectivity index (χ0n) is 16.8. The van der Waals surface area contributed by atoms with E-state index in [-0.39, 0.29) is 22.1 Å². The van der Waals surface area contributed by atoms with Gasteiger partial charge in [0.25, 0.3) is 20.2 Å². The van der Waals surface area contributed by atoms with Gasteiger partial charge in [0.05, 0.1) is 10.6 Å². The van der Waals surface area contributed by atoms with Gasteiger partial charge in [-0.25, -0.2) is 4.79 Å². The van der Waals surface area contributed by atoms with E-state index in [0.29, 0.717) is 10.8 Å². The Bertz CT molecular complexity index is 1750. The van der Waals surface area contributed by atoms with Crippen molar-refractivity contribution < 1.29 is 40.9 Å². The quantitative estimate of drug-likeness (QED) is 0.227. The number of azo groups is 1. The molecule has 174 valence electrons. The SMILES string of the molecule is O=C(O)c1cc2ccccc2c(N=Nc2cc(S(=O)(=O)O)c3ccc(S(=O)(=O)O)cc3c2)c1O. The van der Waals surface area contributed by atoms with Crippen LogP contribution in [0.4, 0.5) is 11.4 Å². The molecule has 4 aromatic carbocycles. The molecule has 0 aromatic heterocycles. The van der Waals surface area contributed by atoms with Gasteiger partial charge in [-0.15, -0.1) is 5.11 Å². The summed E-state index contributed by atoms with van der Waals surface area (Å²) < 4.78 is 65.7. The molecule has 0 atom stereocenters. The van der Waals surface area contributed by atoms with Crippen LogP contribution in [0.25, 0.3) is 21.5 Å². The van der Waals surface area contributed by atoms with Crippen LogP contribution in [-0.4, -0.2) is 42.1 Å². The number of rotatable bonds is 5. The Morgan fingerprint density at radius 1 is 0.765 bits per heavy atom. The van der Waals surface area contributed by atoms with Gasteiger partial charge in [-0.2, -0.15) is 21.9 Å². The summed E-state index contributed by atoms with van der Waals surface area (Å²) in [4.78, 5) is 10.4. The van der Waals surface area contributed by atoms with Crippen LogP contribution >= 0.6 is 0 Å². The van der Waals surface area contributed by atoms with Crippen molar-refractivity contribution in [2.45, 2.75) is 9.79 Å². The van der Waals surface area contributed by atoms with Gasteiger partial charge in [0, 0.05) is 10.8 Å². The normalized spacial score (nSPS) is 12.5. The van der Waals surface area contributed by atoms with Crippen molar-refractivity contribution in [1.29, 1.82) is 0 Å². The lowest BCUT2D eigenvalue weighted by atomic mass is 10.0. The lowest BCUT2D eigenvalue weighted by molar-refractivity contribution is 0.0694. The maximum Gasteiger partial charge on any atom is 0.339 e. The number of aromatic carboxylic acids is 1. The average Bonchev–Trinajstić information content (AvgIpc) is 2.75. The van der Waals surface area contributed by atoms with E-state index in [4.69, 9.17) is 0 Å². The lowest BCUT2D eigenvalue weighted by Gasteiger charge is -2.09. The van der Waals surface area contributed by atoms with Crippen molar-refractivity contribution in [2.24, 2.45) is 10.2 Å². The second-order valence-electron chi connectivity index (χ2n) is 7.12. The first-order chi connectivity index (χ1) is 15.9. The molecule has 0 aliphatic heterocycles. The summed E-state index contributed by atoms with van der Waals surface area (Å²) in [5.74, 6) is -2.07. The molecule has 0 heterocycles. The number of carbonyl (C=O) groups is 1. The number of nitrogens with zero attached hydrogens (tertiary/aromatic N) is 2. The van der Waals surface area contributed by atoms with E-state index in [2.05, 4.69) is 10.2 Å². The van der Waals surface area contributed by atoms with Gasteiger partial charge in [0.15, 0.2) is 5.75 Å². The van der Waals surface area contributed by atoms with Crippen LogP contribution < -0.4 is 0 Å². The Kier molecular flexibility index (Phi) is 5.57. The molecule has 0 fully saturated rings. The first-order valence-electron chi connectivity index (χ1n) is 9.29. The smallest absolute Gasteiger partial charge is 0.339 e. The molecule has 4 rings (SSSR count). The summed E-state index contributed by atoms with van der Waals surface area (Å²) in [6.45, 7) is 0. The summed E-state index contributed by atoms with van der Waals surface area (Å²) in [7, 11) is -9.39. The standard InChI is InChI=1S/C21H14N2O9S2/c24-20-17(21(25)26)9-11-3-1-2-4-16(11)19(20)23-22-13-7-12-8-14(33(27,28)29)5-6-15(12)18(10-13)34(30,31)32/h1-10,24H,(H,25,26)(H,27,28,29)(H,30,31,32). The number of hydrogen-bond donors (Lipinski definition) is 4. The second-order valence-corrected chi connectivity index (χ2v) is 9.94. The summed E-state index contributed by atoms with van der Waals surface area (Å²) >= 11 is 0. The second kappa shape index (κ2) is 8.14. The van der Waals surface area contributed by atoms with Gasteiger partial charge in [-0.1, -0.05) is 30.3 Å². The number of carboxylic acid groups (broad SMARTS) is 1. The van der Waals surface area contributed by atoms with Crippen molar-refractivity contribution in [3.8, 4) is 5.75 Å². The van der Waals surface area contributed by atoms with Gasteiger partial charge >= 0.3 is 5.97 Å². The van der Waals surface area contributed by atoms with E-state index < -0.39 is 47.3 Å². The molecular formula is C21H14N2O9S2. The van der Waals surface area contributed by atoms with Gasteiger partial charge in [-0.05, 0) is 41.1 Å². The average molecular weight is 502 g/mol. The maximum atomic E-state index is 11.9. The minimum Gasteiger partial charge on any atom is -0.505 e. The van der Waals surface area contributed by atoms with Crippen molar-refractivity contribution in [1.82, 2.24) is 0 Å². The van der Waals surface area contributed by atoms with Crippen LogP contribution in [0.2, 0.25) is 0 Å². The number of phenols is 1. The van der Waals surface area contributed by atoms with Gasteiger partial charge in [0.2, 0.25) is 0 Å². The van der Waals surface area contributed by atoms with Crippen LogP contribution in [-0.2, 0) is 20.2 Å². The fourth-order valence-electron chi connectivity index (χ4n) is 3.42. The number of carboxylic acids is 1. The fraction of sp³-hybridized carbons (Fsp3) is 0. The number of fused-ring (bicyclic) bond motifs is 2. The zero-order chi connectivity index (χ0) is 24.8. The van der Waals surface area contributed by atoms with Gasteiger partial charge < -0.3 is 10.2 Å². The summed E-state index contributed by atoms with van der Waals surface area (Å²) in [5.41, 5.74) is -0.796. The molecule has 4 N–H and O–H groups in total. The Labute approximate surface area is 192 Å². The predicted octanol–water partition coefficient (Wildman–Crippen LogP) is 4.31. The molecule has 4 aromatic rings. The number of benzene rings is 4. The van der Waals surface area contributed by atoms with Crippen molar-refractivity contribution in [3.05, 3.63) is 66.2 Å². The van der Waals surface area contributed by atoms with E-state index in [0.717, 1.165) is 24.3 Å². The molecule has 0 saturated carbocycles. The van der Waals surface area contributed by atoms with Gasteiger partial charge in [0.1, 0.15) is 16.1 Å². The van der Waals surface area contributed by atoms with E-state index >= 15 is 0 Å². The highest BCUT2D eigenvalue weighted by molar-refractivity contribution is 7.86. The number of aromatic hydroxyl groups is 1. The Morgan fingerprint density at radius 3 is 2.12 bits per heavy atom. The van der Waals surface area contributed by atoms with Crippen LogP contribution in [0.5, 0.6) is 5.75 Å². The molecule has 0 bridgehead atoms. The van der Waals surface area contributed by atoms with E-state index in [1.807, 2.05) is 0 Å². The Hall–Kier alpha value is -3.91. The summed E-state index contributed by atoms with van der Waals surface area (Å²) in [6, 6.07) is 13.0. The Balaban J connectivity index is 1.97. The molecule has 0 saturated heterocycles. The molecule has 13 heteroatoms. The molecule has 0 unspecified atom stereocenters. The first-order valence-corrected chi connectivity index (χ1v) is 12.2. The minimum atomic E-state index is -4.78. The van der Waals surface area contributed by atoms with Crippen molar-refractivity contribution in [2.75, 3.05) is 0 Å². The van der Waals surface area contributed by atoms with Crippen molar-refractivity contribution >= 4 is 59.1 Å². The molecule has 0 aliphatic rings. The fourth-order valence-corrected chi connectivity index (χ4v) is 4.67. The van der Waals surface area contributed by atoms with Crippen LogP contribution in [0, 0.1) is 0 Å². The number of hydrogen-bond acceptors (Lipinski definition) is 8. The van der Waals surface area contributed by atoms with E-state index in [9.17, 15) is 40.9 Å². The topological polar surface area (TPSA) is 191 Å². The van der Waals surface area contributed by atoms with Crippen LogP contribution in [0.15, 0.2) is 80.7 Å². The summed E-state index contributed by atoms with van der Waals surface area (Å²) in [5, 5.41) is 28.4.